The van der Waals surface area contributed by atoms with Crippen LogP contribution in [-0.2, 0) is 9.47 Å². The Labute approximate surface area is 137 Å². The molecule has 1 saturated heterocycles. The summed E-state index contributed by atoms with van der Waals surface area (Å²) in [4.78, 5) is 12.0. The molecule has 0 unspecified atom stereocenters. The molecular weight excluding hydrogens is 320 g/mol. The predicted octanol–water partition coefficient (Wildman–Crippen LogP) is -0.774. The normalized spacial score (nSPS) is 36.4. The summed E-state index contributed by atoms with van der Waals surface area (Å²) in [7, 11) is 0. The fourth-order valence-corrected chi connectivity index (χ4v) is 3.11. The lowest BCUT2D eigenvalue weighted by Crippen LogP contribution is -2.59. The minimum absolute atomic E-state index is 0.0224. The second-order valence-corrected chi connectivity index (χ2v) is 6.06. The molecule has 0 bridgehead atoms. The Kier molecular flexibility index (Phi) is 4.86. The quantitative estimate of drug-likeness (QED) is 0.484. The first-order valence-electron chi connectivity index (χ1n) is 7.74. The fourth-order valence-electron chi connectivity index (χ4n) is 3.11. The molecule has 0 spiro atoms. The molecule has 2 aliphatic rings. The Morgan fingerprint density at radius 2 is 1.92 bits per heavy atom. The Bertz CT molecular complexity index is 616. The van der Waals surface area contributed by atoms with Gasteiger partial charge in [-0.1, -0.05) is 0 Å². The molecule has 1 aromatic carbocycles. The van der Waals surface area contributed by atoms with Gasteiger partial charge >= 0.3 is 0 Å². The minimum atomic E-state index is -1.53. The van der Waals surface area contributed by atoms with Gasteiger partial charge < -0.3 is 35.0 Å². The van der Waals surface area contributed by atoms with Crippen molar-refractivity contribution in [1.29, 1.82) is 0 Å². The summed E-state index contributed by atoms with van der Waals surface area (Å²) in [6, 6.07) is 4.34. The number of carbonyl (C=O) groups excluding carboxylic acids is 1. The Hall–Kier alpha value is -1.55. The number of benzene rings is 1. The molecule has 1 aliphatic heterocycles. The number of Topliss-reactive ketones (excluding diaryl/α,β-unsaturated/α-hetero) is 1. The first-order chi connectivity index (χ1) is 11.4. The van der Waals surface area contributed by atoms with Crippen LogP contribution in [-0.4, -0.2) is 68.6 Å². The van der Waals surface area contributed by atoms with E-state index in [2.05, 4.69) is 0 Å². The Morgan fingerprint density at radius 3 is 2.62 bits per heavy atom. The van der Waals surface area contributed by atoms with Crippen LogP contribution in [0.25, 0.3) is 0 Å². The highest BCUT2D eigenvalue weighted by molar-refractivity contribution is 5.98. The van der Waals surface area contributed by atoms with Gasteiger partial charge in [0.25, 0.3) is 0 Å². The second-order valence-electron chi connectivity index (χ2n) is 6.06. The summed E-state index contributed by atoms with van der Waals surface area (Å²) >= 11 is 0. The number of ether oxygens (including phenoxy) is 2. The van der Waals surface area contributed by atoms with Crippen LogP contribution in [0.2, 0.25) is 0 Å². The Morgan fingerprint density at radius 1 is 1.17 bits per heavy atom. The number of phenols is 1. The zero-order valence-corrected chi connectivity index (χ0v) is 12.8. The number of phenolic OH excluding ortho intramolecular Hbond substituents is 1. The summed E-state index contributed by atoms with van der Waals surface area (Å²) in [6.45, 7) is -0.550. The lowest BCUT2D eigenvalue weighted by molar-refractivity contribution is -0.313. The highest BCUT2D eigenvalue weighted by atomic mass is 16.7. The van der Waals surface area contributed by atoms with Gasteiger partial charge in [-0.25, -0.2) is 0 Å². The number of carbonyl (C=O) groups is 1. The molecule has 8 heteroatoms. The van der Waals surface area contributed by atoms with E-state index in [4.69, 9.17) is 9.47 Å². The largest absolute Gasteiger partial charge is 0.508 e. The zero-order chi connectivity index (χ0) is 17.4. The van der Waals surface area contributed by atoms with E-state index in [1.807, 2.05) is 0 Å². The van der Waals surface area contributed by atoms with E-state index in [1.54, 1.807) is 0 Å². The van der Waals surface area contributed by atoms with Gasteiger partial charge in [-0.05, 0) is 30.2 Å². The van der Waals surface area contributed by atoms with Crippen LogP contribution < -0.4 is 0 Å². The van der Waals surface area contributed by atoms with Crippen LogP contribution in [0.15, 0.2) is 18.2 Å². The number of aliphatic hydroxyl groups excluding tert-OH is 4. The molecular formula is C16H20O8. The van der Waals surface area contributed by atoms with Gasteiger partial charge in [0.15, 0.2) is 12.1 Å². The van der Waals surface area contributed by atoms with Crippen molar-refractivity contribution in [2.45, 2.75) is 49.7 Å². The lowest BCUT2D eigenvalue weighted by Gasteiger charge is -2.41. The Balaban J connectivity index is 1.82. The van der Waals surface area contributed by atoms with Gasteiger partial charge in [0.1, 0.15) is 30.2 Å². The van der Waals surface area contributed by atoms with Crippen LogP contribution in [0.1, 0.15) is 34.9 Å². The van der Waals surface area contributed by atoms with Gasteiger partial charge in [0.05, 0.1) is 12.7 Å². The van der Waals surface area contributed by atoms with Crippen molar-refractivity contribution in [3.05, 3.63) is 29.3 Å². The van der Waals surface area contributed by atoms with Crippen molar-refractivity contribution in [1.82, 2.24) is 0 Å². The number of rotatable bonds is 3. The van der Waals surface area contributed by atoms with E-state index < -0.39 is 43.4 Å². The van der Waals surface area contributed by atoms with Crippen LogP contribution in [0.5, 0.6) is 5.75 Å². The topological polar surface area (TPSA) is 137 Å². The molecule has 8 nitrogen and oxygen atoms in total. The van der Waals surface area contributed by atoms with E-state index in [0.717, 1.165) is 0 Å². The molecule has 132 valence electrons. The number of ketones is 1. The summed E-state index contributed by atoms with van der Waals surface area (Å²) in [6.07, 6.45) is -6.93. The number of fused-ring (bicyclic) bond motifs is 1. The molecule has 5 N–H and O–H groups in total. The molecule has 0 amide bonds. The molecule has 1 heterocycles. The maximum Gasteiger partial charge on any atom is 0.187 e. The van der Waals surface area contributed by atoms with E-state index in [9.17, 15) is 30.3 Å². The van der Waals surface area contributed by atoms with E-state index in [1.165, 1.54) is 18.2 Å². The van der Waals surface area contributed by atoms with Crippen molar-refractivity contribution in [2.24, 2.45) is 0 Å². The second kappa shape index (κ2) is 6.75. The van der Waals surface area contributed by atoms with Crippen molar-refractivity contribution in [3.63, 3.8) is 0 Å². The van der Waals surface area contributed by atoms with Gasteiger partial charge in [-0.2, -0.15) is 0 Å². The zero-order valence-electron chi connectivity index (χ0n) is 12.8. The summed E-state index contributed by atoms with van der Waals surface area (Å²) in [5.74, 6) is -0.0931. The van der Waals surface area contributed by atoms with Crippen LogP contribution >= 0.6 is 0 Å². The van der Waals surface area contributed by atoms with Crippen LogP contribution in [0, 0.1) is 0 Å². The van der Waals surface area contributed by atoms with Gasteiger partial charge in [0.2, 0.25) is 0 Å². The first-order valence-corrected chi connectivity index (χ1v) is 7.74. The van der Waals surface area contributed by atoms with Crippen LogP contribution in [0.3, 0.4) is 0 Å². The summed E-state index contributed by atoms with van der Waals surface area (Å²) in [5.41, 5.74) is 0.900. The number of hydrogen-bond acceptors (Lipinski definition) is 8. The fraction of sp³-hybridized carbons (Fsp3) is 0.562. The van der Waals surface area contributed by atoms with Crippen molar-refractivity contribution in [2.75, 3.05) is 6.61 Å². The first kappa shape index (κ1) is 17.3. The molecule has 0 radical (unpaired) electrons. The molecule has 24 heavy (non-hydrogen) atoms. The van der Waals surface area contributed by atoms with E-state index >= 15 is 0 Å². The maximum absolute atomic E-state index is 12.0. The van der Waals surface area contributed by atoms with Crippen molar-refractivity contribution >= 4 is 5.78 Å². The number of aromatic hydroxyl groups is 1. The smallest absolute Gasteiger partial charge is 0.187 e. The van der Waals surface area contributed by atoms with Gasteiger partial charge in [-0.3, -0.25) is 4.79 Å². The highest BCUT2D eigenvalue weighted by Gasteiger charge is 2.45. The third-order valence-corrected chi connectivity index (χ3v) is 4.46. The minimum Gasteiger partial charge on any atom is -0.508 e. The van der Waals surface area contributed by atoms with E-state index in [0.29, 0.717) is 17.5 Å². The molecule has 1 aromatic rings. The summed E-state index contributed by atoms with van der Waals surface area (Å²) in [5, 5.41) is 48.5. The molecule has 1 fully saturated rings. The average molecular weight is 340 g/mol. The SMILES string of the molecule is O=C1CC[C@H](O[C@@H]2O[C@H](CO)[C@@H](O)[C@H](O)[C@H]2O)c2cc(O)ccc21. The average Bonchev–Trinajstić information content (AvgIpc) is 2.57. The van der Waals surface area contributed by atoms with E-state index in [-0.39, 0.29) is 18.0 Å². The lowest BCUT2D eigenvalue weighted by atomic mass is 9.88. The molecule has 6 atom stereocenters. The van der Waals surface area contributed by atoms with Crippen molar-refractivity contribution in [3.8, 4) is 5.75 Å². The van der Waals surface area contributed by atoms with Gasteiger partial charge in [0, 0.05) is 12.0 Å². The number of hydrogen-bond donors (Lipinski definition) is 5. The third kappa shape index (κ3) is 3.04. The molecule has 0 aromatic heterocycles. The van der Waals surface area contributed by atoms with Gasteiger partial charge in [-0.15, -0.1) is 0 Å². The van der Waals surface area contributed by atoms with Crippen molar-refractivity contribution < 1.29 is 39.8 Å². The standard InChI is InChI=1S/C16H20O8/c17-6-12-13(20)14(21)15(22)16(24-12)23-11-4-3-10(19)8-2-1-7(18)5-9(8)11/h1-2,5,11-18,20-22H,3-4,6H2/t11-,12+,13+,14-,15+,16+/m0/s1. The predicted molar refractivity (Wildman–Crippen MR) is 79.3 cm³/mol. The third-order valence-electron chi connectivity index (χ3n) is 4.46. The monoisotopic (exact) mass is 340 g/mol. The maximum atomic E-state index is 12.0. The molecule has 0 saturated carbocycles. The van der Waals surface area contributed by atoms with Crippen LogP contribution in [0.4, 0.5) is 0 Å². The molecule has 1 aliphatic carbocycles. The molecule has 3 rings (SSSR count). The highest BCUT2D eigenvalue weighted by Crippen LogP contribution is 2.37. The summed E-state index contributed by atoms with van der Waals surface area (Å²) < 4.78 is 11.0. The number of aliphatic hydroxyl groups is 4.